The van der Waals surface area contributed by atoms with E-state index in [1.54, 1.807) is 0 Å². The van der Waals surface area contributed by atoms with Crippen molar-refractivity contribution in [2.75, 3.05) is 0 Å². The molecule has 0 heterocycles. The zero-order chi connectivity index (χ0) is 8.48. The summed E-state index contributed by atoms with van der Waals surface area (Å²) in [5.41, 5.74) is -1.56. The quantitative estimate of drug-likeness (QED) is 0.589. The topological polar surface area (TPSA) is 57.5 Å². The molecular weight excluding hydrogens is 168 g/mol. The van der Waals surface area contributed by atoms with E-state index < -0.39 is 11.6 Å². The average Bonchev–Trinajstić information content (AvgIpc) is 1.86. The molecule has 64 valence electrons. The van der Waals surface area contributed by atoms with Crippen LogP contribution >= 0.6 is 11.6 Å². The summed E-state index contributed by atoms with van der Waals surface area (Å²) in [6.45, 7) is 0. The summed E-state index contributed by atoms with van der Waals surface area (Å²) in [6, 6.07) is 0. The lowest BCUT2D eigenvalue weighted by atomic mass is 9.85. The molecule has 1 aliphatic rings. The Balaban J connectivity index is 2.63. The van der Waals surface area contributed by atoms with Gasteiger partial charge in [0, 0.05) is 11.8 Å². The third-order valence-corrected chi connectivity index (χ3v) is 2.44. The predicted octanol–water partition coefficient (Wildman–Crippen LogP) is 0.983. The number of aliphatic carboxylic acids is 1. The molecule has 0 saturated heterocycles. The highest BCUT2D eigenvalue weighted by atomic mass is 35.5. The summed E-state index contributed by atoms with van der Waals surface area (Å²) in [4.78, 5) is 10.5. The first-order valence-corrected chi connectivity index (χ1v) is 4.08. The van der Waals surface area contributed by atoms with E-state index >= 15 is 0 Å². The van der Waals surface area contributed by atoms with Crippen molar-refractivity contribution in [2.24, 2.45) is 0 Å². The number of carboxylic acids is 1. The maximum absolute atomic E-state index is 10.5. The monoisotopic (exact) mass is 178 g/mol. The zero-order valence-electron chi connectivity index (χ0n) is 6.09. The van der Waals surface area contributed by atoms with Crippen LogP contribution in [0.1, 0.15) is 25.7 Å². The molecule has 0 spiro atoms. The van der Waals surface area contributed by atoms with E-state index in [4.69, 9.17) is 16.7 Å². The second-order valence-electron chi connectivity index (χ2n) is 3.03. The summed E-state index contributed by atoms with van der Waals surface area (Å²) in [6.07, 6.45) is 1.99. The van der Waals surface area contributed by atoms with Crippen LogP contribution in [0.4, 0.5) is 0 Å². The van der Waals surface area contributed by atoms with Gasteiger partial charge >= 0.3 is 5.97 Å². The Morgan fingerprint density at radius 1 is 1.64 bits per heavy atom. The van der Waals surface area contributed by atoms with Crippen molar-refractivity contribution in [2.45, 2.75) is 36.7 Å². The Morgan fingerprint density at radius 2 is 2.27 bits per heavy atom. The van der Waals surface area contributed by atoms with Gasteiger partial charge in [-0.15, -0.1) is 11.6 Å². The normalized spacial score (nSPS) is 38.5. The lowest BCUT2D eigenvalue weighted by molar-refractivity contribution is -0.161. The molecule has 0 bridgehead atoms. The molecule has 0 radical (unpaired) electrons. The number of carbonyl (C=O) groups is 1. The first kappa shape index (κ1) is 8.81. The van der Waals surface area contributed by atoms with E-state index in [1.165, 1.54) is 0 Å². The Hall–Kier alpha value is -0.280. The van der Waals surface area contributed by atoms with Crippen LogP contribution in [-0.2, 0) is 4.79 Å². The Morgan fingerprint density at radius 3 is 2.64 bits per heavy atom. The van der Waals surface area contributed by atoms with Crippen LogP contribution in [-0.4, -0.2) is 27.2 Å². The lowest BCUT2D eigenvalue weighted by Gasteiger charge is -2.30. The number of halogens is 1. The third-order valence-electron chi connectivity index (χ3n) is 2.06. The molecule has 1 rings (SSSR count). The summed E-state index contributed by atoms with van der Waals surface area (Å²) in [7, 11) is 0. The molecule has 0 unspecified atom stereocenters. The van der Waals surface area contributed by atoms with E-state index in [-0.39, 0.29) is 11.8 Å². The average molecular weight is 179 g/mol. The highest BCUT2D eigenvalue weighted by Gasteiger charge is 2.40. The summed E-state index contributed by atoms with van der Waals surface area (Å²) in [5.74, 6) is -1.15. The van der Waals surface area contributed by atoms with Crippen LogP contribution in [0, 0.1) is 0 Å². The molecule has 0 amide bonds. The minimum Gasteiger partial charge on any atom is -0.479 e. The molecule has 0 aromatic carbocycles. The van der Waals surface area contributed by atoms with E-state index in [0.717, 1.165) is 6.42 Å². The fraction of sp³-hybridized carbons (Fsp3) is 0.857. The molecule has 0 aromatic heterocycles. The molecule has 0 aromatic rings. The molecule has 0 aliphatic heterocycles. The Kier molecular flexibility index (Phi) is 2.40. The van der Waals surface area contributed by atoms with Gasteiger partial charge in [0.25, 0.3) is 0 Å². The van der Waals surface area contributed by atoms with Crippen molar-refractivity contribution >= 4 is 17.6 Å². The maximum Gasteiger partial charge on any atom is 0.335 e. The van der Waals surface area contributed by atoms with Gasteiger partial charge in [0.2, 0.25) is 0 Å². The number of rotatable bonds is 1. The standard InChI is InChI=1S/C7H11ClO3/c8-5-2-1-3-7(11,4-5)6(9)10/h5,11H,1-4H2,(H,9,10)/t5-,7+/m0/s1. The molecular formula is C7H11ClO3. The molecule has 11 heavy (non-hydrogen) atoms. The molecule has 1 saturated carbocycles. The predicted molar refractivity (Wildman–Crippen MR) is 40.7 cm³/mol. The SMILES string of the molecule is O=C(O)[C@@]1(O)CCC[C@H](Cl)C1. The van der Waals surface area contributed by atoms with E-state index in [1.807, 2.05) is 0 Å². The van der Waals surface area contributed by atoms with E-state index in [9.17, 15) is 9.90 Å². The molecule has 1 aliphatic carbocycles. The van der Waals surface area contributed by atoms with Gasteiger partial charge in [0.05, 0.1) is 0 Å². The smallest absolute Gasteiger partial charge is 0.335 e. The van der Waals surface area contributed by atoms with Crippen LogP contribution in [0.3, 0.4) is 0 Å². The van der Waals surface area contributed by atoms with Crippen molar-refractivity contribution in [3.05, 3.63) is 0 Å². The summed E-state index contributed by atoms with van der Waals surface area (Å²) in [5, 5.41) is 17.9. The fourth-order valence-electron chi connectivity index (χ4n) is 1.38. The van der Waals surface area contributed by atoms with Gasteiger partial charge in [-0.2, -0.15) is 0 Å². The van der Waals surface area contributed by atoms with Crippen molar-refractivity contribution in [1.82, 2.24) is 0 Å². The third kappa shape index (κ3) is 1.84. The lowest BCUT2D eigenvalue weighted by Crippen LogP contribution is -2.43. The van der Waals surface area contributed by atoms with Crippen LogP contribution in [0.15, 0.2) is 0 Å². The maximum atomic E-state index is 10.5. The molecule has 1 fully saturated rings. The minimum atomic E-state index is -1.56. The molecule has 4 heteroatoms. The number of carboxylic acid groups (broad SMARTS) is 1. The summed E-state index contributed by atoms with van der Waals surface area (Å²) < 4.78 is 0. The van der Waals surface area contributed by atoms with Gasteiger partial charge < -0.3 is 10.2 Å². The van der Waals surface area contributed by atoms with Crippen LogP contribution in [0.25, 0.3) is 0 Å². The van der Waals surface area contributed by atoms with Crippen molar-refractivity contribution in [3.8, 4) is 0 Å². The Labute approximate surface area is 70.0 Å². The number of aliphatic hydroxyl groups is 1. The van der Waals surface area contributed by atoms with Gasteiger partial charge in [-0.1, -0.05) is 0 Å². The number of hydrogen-bond acceptors (Lipinski definition) is 2. The van der Waals surface area contributed by atoms with E-state index in [2.05, 4.69) is 0 Å². The van der Waals surface area contributed by atoms with Gasteiger partial charge in [0.1, 0.15) is 0 Å². The highest BCUT2D eigenvalue weighted by molar-refractivity contribution is 6.20. The Bertz CT molecular complexity index is 171. The molecule has 3 nitrogen and oxygen atoms in total. The van der Waals surface area contributed by atoms with Gasteiger partial charge in [-0.3, -0.25) is 0 Å². The highest BCUT2D eigenvalue weighted by Crippen LogP contribution is 2.31. The largest absolute Gasteiger partial charge is 0.479 e. The van der Waals surface area contributed by atoms with Crippen molar-refractivity contribution in [3.63, 3.8) is 0 Å². The van der Waals surface area contributed by atoms with Gasteiger partial charge in [0.15, 0.2) is 5.60 Å². The van der Waals surface area contributed by atoms with Crippen LogP contribution in [0.5, 0.6) is 0 Å². The first-order chi connectivity index (χ1) is 5.04. The molecule has 2 atom stereocenters. The number of hydrogen-bond donors (Lipinski definition) is 2. The van der Waals surface area contributed by atoms with Crippen LogP contribution < -0.4 is 0 Å². The second kappa shape index (κ2) is 2.99. The van der Waals surface area contributed by atoms with Crippen molar-refractivity contribution < 1.29 is 15.0 Å². The second-order valence-corrected chi connectivity index (χ2v) is 3.65. The zero-order valence-corrected chi connectivity index (χ0v) is 6.84. The van der Waals surface area contributed by atoms with Gasteiger partial charge in [-0.25, -0.2) is 4.79 Å². The fourth-order valence-corrected chi connectivity index (χ4v) is 1.79. The minimum absolute atomic E-state index is 0.171. The molecule has 2 N–H and O–H groups in total. The van der Waals surface area contributed by atoms with Crippen LogP contribution in [0.2, 0.25) is 0 Å². The number of alkyl halides is 1. The summed E-state index contributed by atoms with van der Waals surface area (Å²) >= 11 is 5.72. The van der Waals surface area contributed by atoms with Gasteiger partial charge in [-0.05, 0) is 19.3 Å². The van der Waals surface area contributed by atoms with Crippen molar-refractivity contribution in [1.29, 1.82) is 0 Å². The van der Waals surface area contributed by atoms with E-state index in [0.29, 0.717) is 12.8 Å². The first-order valence-electron chi connectivity index (χ1n) is 3.64.